The summed E-state index contributed by atoms with van der Waals surface area (Å²) < 4.78 is 5.25. The second-order valence-corrected chi connectivity index (χ2v) is 6.97. The second kappa shape index (κ2) is 16.3. The molecule has 0 spiro atoms. The van der Waals surface area contributed by atoms with Gasteiger partial charge < -0.3 is 10.5 Å². The summed E-state index contributed by atoms with van der Waals surface area (Å²) in [5, 5.41) is 0. The summed E-state index contributed by atoms with van der Waals surface area (Å²) in [6, 6.07) is -0.461. The maximum Gasteiger partial charge on any atom is 0.323 e. The molecule has 1 unspecified atom stereocenters. The van der Waals surface area contributed by atoms with Gasteiger partial charge in [0.15, 0.2) is 0 Å². The van der Waals surface area contributed by atoms with Gasteiger partial charge in [-0.05, 0) is 12.3 Å². The van der Waals surface area contributed by atoms with Crippen molar-refractivity contribution >= 4 is 5.97 Å². The van der Waals surface area contributed by atoms with Crippen molar-refractivity contribution in [2.45, 2.75) is 110 Å². The highest BCUT2D eigenvalue weighted by Gasteiger charge is 2.20. The summed E-state index contributed by atoms with van der Waals surface area (Å²) in [6.07, 6.45) is 16.7. The average Bonchev–Trinajstić information content (AvgIpc) is 2.57. The normalized spacial score (nSPS) is 13.7. The van der Waals surface area contributed by atoms with Crippen LogP contribution < -0.4 is 5.73 Å². The lowest BCUT2D eigenvalue weighted by Crippen LogP contribution is -2.38. The monoisotopic (exact) mass is 327 g/mol. The number of unbranched alkanes of at least 4 members (excludes halogenated alkanes) is 11. The lowest BCUT2D eigenvalue weighted by molar-refractivity contribution is -0.146. The van der Waals surface area contributed by atoms with Crippen LogP contribution in [0.5, 0.6) is 0 Å². The maximum atomic E-state index is 11.7. The number of ether oxygens (including phenoxy) is 1. The van der Waals surface area contributed by atoms with Crippen LogP contribution in [-0.4, -0.2) is 18.6 Å². The Morgan fingerprint density at radius 1 is 0.826 bits per heavy atom. The Bertz CT molecular complexity index is 268. The van der Waals surface area contributed by atoms with Gasteiger partial charge >= 0.3 is 5.97 Å². The molecule has 0 saturated carbocycles. The molecule has 2 atom stereocenters. The van der Waals surface area contributed by atoms with Crippen LogP contribution in [0.2, 0.25) is 0 Å². The van der Waals surface area contributed by atoms with E-state index >= 15 is 0 Å². The highest BCUT2D eigenvalue weighted by atomic mass is 16.5. The first-order valence-corrected chi connectivity index (χ1v) is 10.1. The summed E-state index contributed by atoms with van der Waals surface area (Å²) in [6.45, 7) is 6.83. The molecule has 3 nitrogen and oxygen atoms in total. The van der Waals surface area contributed by atoms with E-state index in [9.17, 15) is 4.79 Å². The third-order valence-electron chi connectivity index (χ3n) is 4.77. The van der Waals surface area contributed by atoms with Crippen LogP contribution >= 0.6 is 0 Å². The van der Waals surface area contributed by atoms with Crippen molar-refractivity contribution in [2.75, 3.05) is 6.61 Å². The molecule has 0 aliphatic heterocycles. The molecular formula is C20H41NO2. The zero-order chi connectivity index (χ0) is 17.3. The zero-order valence-electron chi connectivity index (χ0n) is 15.9. The van der Waals surface area contributed by atoms with Crippen molar-refractivity contribution < 1.29 is 9.53 Å². The third kappa shape index (κ3) is 13.6. The second-order valence-electron chi connectivity index (χ2n) is 6.97. The van der Waals surface area contributed by atoms with Crippen LogP contribution in [0.1, 0.15) is 104 Å². The minimum absolute atomic E-state index is 0.199. The molecule has 2 N–H and O–H groups in total. The van der Waals surface area contributed by atoms with Crippen LogP contribution in [-0.2, 0) is 9.53 Å². The summed E-state index contributed by atoms with van der Waals surface area (Å²) in [7, 11) is 0. The summed E-state index contributed by atoms with van der Waals surface area (Å²) >= 11 is 0. The zero-order valence-corrected chi connectivity index (χ0v) is 15.9. The molecule has 0 aromatic carbocycles. The molecule has 0 aromatic heterocycles. The van der Waals surface area contributed by atoms with Crippen molar-refractivity contribution in [1.29, 1.82) is 0 Å². The molecule has 138 valence electrons. The molecular weight excluding hydrogens is 286 g/mol. The number of carbonyl (C=O) groups is 1. The quantitative estimate of drug-likeness (QED) is 0.296. The van der Waals surface area contributed by atoms with Gasteiger partial charge in [-0.1, -0.05) is 97.8 Å². The van der Waals surface area contributed by atoms with E-state index in [4.69, 9.17) is 10.5 Å². The van der Waals surface area contributed by atoms with Crippen molar-refractivity contribution in [3.8, 4) is 0 Å². The molecule has 0 bridgehead atoms. The highest BCUT2D eigenvalue weighted by Crippen LogP contribution is 2.12. The maximum absolute atomic E-state index is 11.7. The van der Waals surface area contributed by atoms with Crippen molar-refractivity contribution in [1.82, 2.24) is 0 Å². The van der Waals surface area contributed by atoms with Gasteiger partial charge in [-0.15, -0.1) is 0 Å². The highest BCUT2D eigenvalue weighted by molar-refractivity contribution is 5.75. The van der Waals surface area contributed by atoms with Crippen LogP contribution in [0.15, 0.2) is 0 Å². The van der Waals surface area contributed by atoms with Crippen LogP contribution in [0.3, 0.4) is 0 Å². The number of esters is 1. The van der Waals surface area contributed by atoms with Gasteiger partial charge in [0, 0.05) is 0 Å². The standard InChI is InChI=1S/C20H41NO2/c1-4-6-7-8-9-10-11-12-13-14-15-16-17-23-20(22)19(21)18(3)5-2/h18-19H,4-17,21H2,1-3H3/t18?,19-/m0/s1. The minimum Gasteiger partial charge on any atom is -0.465 e. The van der Waals surface area contributed by atoms with Crippen molar-refractivity contribution in [3.05, 3.63) is 0 Å². The minimum atomic E-state index is -0.461. The molecule has 0 heterocycles. The Hall–Kier alpha value is -0.570. The van der Waals surface area contributed by atoms with Gasteiger partial charge in [-0.3, -0.25) is 4.79 Å². The first kappa shape index (κ1) is 22.4. The Labute approximate surface area is 144 Å². The molecule has 0 amide bonds. The Morgan fingerprint density at radius 3 is 1.70 bits per heavy atom. The van der Waals surface area contributed by atoms with Crippen LogP contribution in [0, 0.1) is 5.92 Å². The van der Waals surface area contributed by atoms with Crippen molar-refractivity contribution in [2.24, 2.45) is 11.7 Å². The van der Waals surface area contributed by atoms with E-state index < -0.39 is 6.04 Å². The van der Waals surface area contributed by atoms with E-state index in [1.807, 2.05) is 13.8 Å². The fourth-order valence-corrected chi connectivity index (χ4v) is 2.70. The fourth-order valence-electron chi connectivity index (χ4n) is 2.70. The first-order chi connectivity index (χ1) is 11.1. The molecule has 3 heteroatoms. The lowest BCUT2D eigenvalue weighted by atomic mass is 10.0. The first-order valence-electron chi connectivity index (χ1n) is 10.1. The van der Waals surface area contributed by atoms with Gasteiger partial charge in [0.1, 0.15) is 6.04 Å². The van der Waals surface area contributed by atoms with Gasteiger partial charge in [-0.2, -0.15) is 0 Å². The Morgan fingerprint density at radius 2 is 1.26 bits per heavy atom. The molecule has 0 aromatic rings. The molecule has 0 saturated heterocycles. The van der Waals surface area contributed by atoms with E-state index in [0.29, 0.717) is 6.61 Å². The Balaban J connectivity index is 3.26. The smallest absolute Gasteiger partial charge is 0.323 e. The predicted octanol–water partition coefficient (Wildman–Crippen LogP) is 5.60. The van der Waals surface area contributed by atoms with E-state index in [1.54, 1.807) is 0 Å². The topological polar surface area (TPSA) is 52.3 Å². The van der Waals surface area contributed by atoms with Gasteiger partial charge in [-0.25, -0.2) is 0 Å². The molecule has 0 fully saturated rings. The van der Waals surface area contributed by atoms with Crippen LogP contribution in [0.25, 0.3) is 0 Å². The number of hydrogen-bond donors (Lipinski definition) is 1. The van der Waals surface area contributed by atoms with E-state index in [2.05, 4.69) is 6.92 Å². The SMILES string of the molecule is CCCCCCCCCCCCCCOC(=O)[C@@H](N)C(C)CC. The van der Waals surface area contributed by atoms with E-state index in [0.717, 1.165) is 19.3 Å². The fraction of sp³-hybridized carbons (Fsp3) is 0.950. The van der Waals surface area contributed by atoms with Gasteiger partial charge in [0.05, 0.1) is 6.61 Å². The number of carbonyl (C=O) groups excluding carboxylic acids is 1. The van der Waals surface area contributed by atoms with Crippen LogP contribution in [0.4, 0.5) is 0 Å². The number of rotatable bonds is 16. The Kier molecular flexibility index (Phi) is 15.9. The van der Waals surface area contributed by atoms with Gasteiger partial charge in [0.2, 0.25) is 0 Å². The predicted molar refractivity (Wildman–Crippen MR) is 99.5 cm³/mol. The average molecular weight is 328 g/mol. The third-order valence-corrected chi connectivity index (χ3v) is 4.77. The number of nitrogens with two attached hydrogens (primary N) is 1. The molecule has 0 radical (unpaired) electrons. The molecule has 0 aliphatic carbocycles. The summed E-state index contributed by atoms with van der Waals surface area (Å²) in [5.41, 5.74) is 5.84. The van der Waals surface area contributed by atoms with Crippen molar-refractivity contribution in [3.63, 3.8) is 0 Å². The van der Waals surface area contributed by atoms with E-state index in [1.165, 1.54) is 64.2 Å². The summed E-state index contributed by atoms with van der Waals surface area (Å²) in [5.74, 6) is -0.0353. The molecule has 0 rings (SSSR count). The summed E-state index contributed by atoms with van der Waals surface area (Å²) in [4.78, 5) is 11.7. The number of hydrogen-bond acceptors (Lipinski definition) is 3. The largest absolute Gasteiger partial charge is 0.465 e. The van der Waals surface area contributed by atoms with E-state index in [-0.39, 0.29) is 11.9 Å². The van der Waals surface area contributed by atoms with Gasteiger partial charge in [0.25, 0.3) is 0 Å². The molecule has 23 heavy (non-hydrogen) atoms. The molecule has 0 aliphatic rings. The lowest BCUT2D eigenvalue weighted by Gasteiger charge is -2.16.